The maximum atomic E-state index is 12.1. The van der Waals surface area contributed by atoms with E-state index < -0.39 is 9.05 Å². The van der Waals surface area contributed by atoms with E-state index in [1.54, 1.807) is 18.2 Å². The summed E-state index contributed by atoms with van der Waals surface area (Å²) >= 11 is 0. The fourth-order valence-corrected chi connectivity index (χ4v) is 2.52. The predicted molar refractivity (Wildman–Crippen MR) is 77.8 cm³/mol. The average Bonchev–Trinajstić information content (AvgIpc) is 2.94. The number of carbonyl (C=O) groups excluding carboxylic acids is 1. The number of amides is 1. The Morgan fingerprint density at radius 1 is 1.18 bits per heavy atom. The first-order chi connectivity index (χ1) is 10.4. The second-order valence-corrected chi connectivity index (χ2v) is 6.86. The van der Waals surface area contributed by atoms with Crippen molar-refractivity contribution in [2.45, 2.75) is 5.03 Å². The van der Waals surface area contributed by atoms with Crippen molar-refractivity contribution in [2.75, 3.05) is 12.1 Å². The first-order valence-electron chi connectivity index (χ1n) is 6.05. The Morgan fingerprint density at radius 2 is 1.95 bits per heavy atom. The standard InChI is InChI=1S/C13H9ClN2O5S/c14-22(18,19)12-4-2-9(6-15-12)16-13(17)8-1-3-10-11(5-8)21-7-20-10/h1-6H,7H2,(H,16,17). The Balaban J connectivity index is 1.77. The molecule has 1 N–H and O–H groups in total. The van der Waals surface area contributed by atoms with Gasteiger partial charge in [-0.2, -0.15) is 0 Å². The highest BCUT2D eigenvalue weighted by molar-refractivity contribution is 8.13. The van der Waals surface area contributed by atoms with Gasteiger partial charge in [0.25, 0.3) is 15.0 Å². The molecule has 1 aromatic heterocycles. The van der Waals surface area contributed by atoms with Crippen molar-refractivity contribution in [3.8, 4) is 11.5 Å². The molecule has 0 saturated carbocycles. The molecule has 1 aliphatic rings. The number of nitrogens with one attached hydrogen (secondary N) is 1. The summed E-state index contributed by atoms with van der Waals surface area (Å²) in [4.78, 5) is 15.8. The van der Waals surface area contributed by atoms with E-state index in [1.807, 2.05) is 0 Å². The van der Waals surface area contributed by atoms with Crippen molar-refractivity contribution < 1.29 is 22.7 Å². The molecule has 3 rings (SSSR count). The summed E-state index contributed by atoms with van der Waals surface area (Å²) in [5.41, 5.74) is 0.713. The normalized spacial score (nSPS) is 13.0. The number of anilines is 1. The number of benzene rings is 1. The maximum Gasteiger partial charge on any atom is 0.278 e. The Bertz CT molecular complexity index is 836. The largest absolute Gasteiger partial charge is 0.454 e. The van der Waals surface area contributed by atoms with Gasteiger partial charge in [-0.05, 0) is 30.3 Å². The zero-order valence-electron chi connectivity index (χ0n) is 10.9. The van der Waals surface area contributed by atoms with Gasteiger partial charge in [0.1, 0.15) is 0 Å². The van der Waals surface area contributed by atoms with E-state index in [4.69, 9.17) is 20.2 Å². The Kier molecular flexibility index (Phi) is 3.63. The van der Waals surface area contributed by atoms with Crippen molar-refractivity contribution in [1.82, 2.24) is 4.98 Å². The molecule has 1 amide bonds. The fourth-order valence-electron chi connectivity index (χ4n) is 1.84. The molecule has 9 heteroatoms. The Hall–Kier alpha value is -2.32. The molecule has 7 nitrogen and oxygen atoms in total. The van der Waals surface area contributed by atoms with Crippen LogP contribution >= 0.6 is 10.7 Å². The van der Waals surface area contributed by atoms with Gasteiger partial charge in [0.05, 0.1) is 11.9 Å². The number of aromatic nitrogens is 1. The third-order valence-corrected chi connectivity index (χ3v) is 4.09. The van der Waals surface area contributed by atoms with Crippen molar-refractivity contribution in [3.05, 3.63) is 42.1 Å². The number of hydrogen-bond donors (Lipinski definition) is 1. The maximum absolute atomic E-state index is 12.1. The number of hydrogen-bond acceptors (Lipinski definition) is 6. The minimum atomic E-state index is -3.89. The molecule has 0 unspecified atom stereocenters. The minimum Gasteiger partial charge on any atom is -0.454 e. The molecule has 22 heavy (non-hydrogen) atoms. The molecule has 0 aliphatic carbocycles. The lowest BCUT2D eigenvalue weighted by atomic mass is 10.2. The smallest absolute Gasteiger partial charge is 0.278 e. The van der Waals surface area contributed by atoms with Gasteiger partial charge in [-0.3, -0.25) is 4.79 Å². The molecule has 0 saturated heterocycles. The summed E-state index contributed by atoms with van der Waals surface area (Å²) in [5, 5.41) is 2.31. The number of nitrogens with zero attached hydrogens (tertiary/aromatic N) is 1. The van der Waals surface area contributed by atoms with Crippen molar-refractivity contribution in [2.24, 2.45) is 0 Å². The minimum absolute atomic E-state index is 0.124. The van der Waals surface area contributed by atoms with Crippen LogP contribution in [0.4, 0.5) is 5.69 Å². The highest BCUT2D eigenvalue weighted by Gasteiger charge is 2.17. The molecule has 0 spiro atoms. The van der Waals surface area contributed by atoms with Gasteiger partial charge < -0.3 is 14.8 Å². The molecule has 2 heterocycles. The van der Waals surface area contributed by atoms with E-state index in [9.17, 15) is 13.2 Å². The zero-order chi connectivity index (χ0) is 15.7. The molecule has 0 atom stereocenters. The fraction of sp³-hybridized carbons (Fsp3) is 0.0769. The summed E-state index contributed by atoms with van der Waals surface area (Å²) in [7, 11) is 1.27. The van der Waals surface area contributed by atoms with Gasteiger partial charge >= 0.3 is 0 Å². The Labute approximate surface area is 130 Å². The van der Waals surface area contributed by atoms with Crippen LogP contribution in [0, 0.1) is 0 Å². The van der Waals surface area contributed by atoms with E-state index in [0.29, 0.717) is 22.7 Å². The van der Waals surface area contributed by atoms with Crippen molar-refractivity contribution in [1.29, 1.82) is 0 Å². The van der Waals surface area contributed by atoms with Crippen LogP contribution in [0.3, 0.4) is 0 Å². The van der Waals surface area contributed by atoms with Crippen LogP contribution in [0.5, 0.6) is 11.5 Å². The van der Waals surface area contributed by atoms with Crippen LogP contribution in [-0.4, -0.2) is 26.1 Å². The number of carbonyl (C=O) groups is 1. The highest BCUT2D eigenvalue weighted by Crippen LogP contribution is 2.32. The van der Waals surface area contributed by atoms with Crippen LogP contribution in [0.1, 0.15) is 10.4 Å². The van der Waals surface area contributed by atoms with E-state index in [2.05, 4.69) is 10.3 Å². The first-order valence-corrected chi connectivity index (χ1v) is 8.36. The lowest BCUT2D eigenvalue weighted by Gasteiger charge is -2.06. The topological polar surface area (TPSA) is 94.6 Å². The van der Waals surface area contributed by atoms with Crippen LogP contribution < -0.4 is 14.8 Å². The lowest BCUT2D eigenvalue weighted by molar-refractivity contribution is 0.102. The lowest BCUT2D eigenvalue weighted by Crippen LogP contribution is -2.12. The monoisotopic (exact) mass is 340 g/mol. The Morgan fingerprint density at radius 3 is 2.64 bits per heavy atom. The molecule has 114 valence electrons. The third kappa shape index (κ3) is 2.97. The summed E-state index contributed by atoms with van der Waals surface area (Å²) < 4.78 is 32.5. The van der Waals surface area contributed by atoms with Crippen LogP contribution in [-0.2, 0) is 9.05 Å². The van der Waals surface area contributed by atoms with Crippen molar-refractivity contribution in [3.63, 3.8) is 0 Å². The summed E-state index contributed by atoms with van der Waals surface area (Å²) in [6.07, 6.45) is 1.21. The number of halogens is 1. The molecular weight excluding hydrogens is 332 g/mol. The van der Waals surface area contributed by atoms with E-state index >= 15 is 0 Å². The van der Waals surface area contributed by atoms with Crippen LogP contribution in [0.15, 0.2) is 41.6 Å². The SMILES string of the molecule is O=C(Nc1ccc(S(=O)(=O)Cl)nc1)c1ccc2c(c1)OCO2. The van der Waals surface area contributed by atoms with Crippen LogP contribution in [0.25, 0.3) is 0 Å². The molecule has 2 aromatic rings. The summed E-state index contributed by atoms with van der Waals surface area (Å²) in [6.45, 7) is 0.124. The highest BCUT2D eigenvalue weighted by atomic mass is 35.7. The van der Waals surface area contributed by atoms with Gasteiger partial charge in [0, 0.05) is 16.2 Å². The van der Waals surface area contributed by atoms with Crippen LogP contribution in [0.2, 0.25) is 0 Å². The van der Waals surface area contributed by atoms with Crippen molar-refractivity contribution >= 4 is 31.3 Å². The number of pyridine rings is 1. The molecule has 1 aromatic carbocycles. The zero-order valence-corrected chi connectivity index (χ0v) is 12.5. The van der Waals surface area contributed by atoms with E-state index in [1.165, 1.54) is 18.3 Å². The summed E-state index contributed by atoms with van der Waals surface area (Å²) in [6, 6.07) is 7.39. The van der Waals surface area contributed by atoms with E-state index in [0.717, 1.165) is 0 Å². The number of ether oxygens (including phenoxy) is 2. The summed E-state index contributed by atoms with van der Waals surface area (Å²) in [5.74, 6) is 0.686. The van der Waals surface area contributed by atoms with Gasteiger partial charge in [-0.1, -0.05) is 0 Å². The average molecular weight is 341 g/mol. The second kappa shape index (κ2) is 5.47. The molecular formula is C13H9ClN2O5S. The van der Waals surface area contributed by atoms with Gasteiger partial charge in [0.2, 0.25) is 6.79 Å². The van der Waals surface area contributed by atoms with Gasteiger partial charge in [-0.15, -0.1) is 0 Å². The molecule has 0 radical (unpaired) electrons. The predicted octanol–water partition coefficient (Wildman–Crippen LogP) is 1.99. The van der Waals surface area contributed by atoms with Gasteiger partial charge in [0.15, 0.2) is 16.5 Å². The van der Waals surface area contributed by atoms with Gasteiger partial charge in [-0.25, -0.2) is 13.4 Å². The molecule has 0 bridgehead atoms. The second-order valence-electron chi connectivity index (χ2n) is 4.35. The first kappa shape index (κ1) is 14.6. The molecule has 1 aliphatic heterocycles. The third-order valence-electron chi connectivity index (χ3n) is 2.88. The van der Waals surface area contributed by atoms with E-state index in [-0.39, 0.29) is 17.7 Å². The quantitative estimate of drug-likeness (QED) is 0.859. The number of rotatable bonds is 3. The number of fused-ring (bicyclic) bond motifs is 1. The molecule has 0 fully saturated rings.